The Morgan fingerprint density at radius 3 is 2.76 bits per heavy atom. The molecule has 1 atom stereocenters. The van der Waals surface area contributed by atoms with Crippen LogP contribution in [0.4, 0.5) is 4.39 Å². The van der Waals surface area contributed by atoms with E-state index < -0.39 is 17.8 Å². The summed E-state index contributed by atoms with van der Waals surface area (Å²) in [5.74, 6) is 0.687. The second-order valence-electron chi connectivity index (χ2n) is 9.89. The van der Waals surface area contributed by atoms with Gasteiger partial charge in [0.2, 0.25) is 5.76 Å². The van der Waals surface area contributed by atoms with Crippen LogP contribution in [0.5, 0.6) is 23.0 Å². The molecule has 0 saturated heterocycles. The van der Waals surface area contributed by atoms with Crippen LogP contribution in [-0.4, -0.2) is 48.5 Å². The molecule has 7 rings (SSSR count). The van der Waals surface area contributed by atoms with E-state index in [9.17, 15) is 14.0 Å². The van der Waals surface area contributed by atoms with Crippen molar-refractivity contribution in [1.82, 2.24) is 15.2 Å². The number of rotatable bonds is 2. The SMILES string of the molecule is COc1ccc2cc1OCCCNC(=O)c1cc(ccc1F)Oc1ccc3c(c1)CCN(C(=O)c1ocnc1C)C23. The molecular formula is C31H28FN3O6. The Balaban J connectivity index is 1.46. The summed E-state index contributed by atoms with van der Waals surface area (Å²) >= 11 is 0. The van der Waals surface area contributed by atoms with Crippen molar-refractivity contribution in [3.8, 4) is 23.0 Å². The molecule has 0 fully saturated rings. The highest BCUT2D eigenvalue weighted by atomic mass is 19.1. The molecule has 41 heavy (non-hydrogen) atoms. The number of fused-ring (bicyclic) bond motifs is 6. The normalized spacial score (nSPS) is 16.6. The van der Waals surface area contributed by atoms with Crippen LogP contribution in [0.25, 0.3) is 0 Å². The summed E-state index contributed by atoms with van der Waals surface area (Å²) in [6, 6.07) is 14.9. The number of oxazole rings is 1. The van der Waals surface area contributed by atoms with Gasteiger partial charge >= 0.3 is 0 Å². The Bertz CT molecular complexity index is 1630. The van der Waals surface area contributed by atoms with Gasteiger partial charge in [-0.15, -0.1) is 0 Å². The maximum absolute atomic E-state index is 14.5. The Morgan fingerprint density at radius 1 is 1.12 bits per heavy atom. The molecule has 2 amide bonds. The van der Waals surface area contributed by atoms with E-state index in [1.165, 1.54) is 24.6 Å². The summed E-state index contributed by atoms with van der Waals surface area (Å²) in [5.41, 5.74) is 3.16. The van der Waals surface area contributed by atoms with E-state index in [0.717, 1.165) is 16.7 Å². The Morgan fingerprint density at radius 2 is 1.95 bits per heavy atom. The van der Waals surface area contributed by atoms with Gasteiger partial charge < -0.3 is 28.8 Å². The minimum absolute atomic E-state index is 0.103. The highest BCUT2D eigenvalue weighted by Crippen LogP contribution is 2.41. The molecule has 3 aliphatic heterocycles. The molecule has 4 heterocycles. The molecule has 4 aromatic rings. The zero-order valence-electron chi connectivity index (χ0n) is 22.6. The largest absolute Gasteiger partial charge is 0.493 e. The van der Waals surface area contributed by atoms with E-state index >= 15 is 0 Å². The smallest absolute Gasteiger partial charge is 0.292 e. The van der Waals surface area contributed by atoms with Crippen LogP contribution < -0.4 is 19.5 Å². The van der Waals surface area contributed by atoms with Crippen molar-refractivity contribution in [3.05, 3.63) is 101 Å². The highest BCUT2D eigenvalue weighted by Gasteiger charge is 2.35. The third kappa shape index (κ3) is 5.08. The highest BCUT2D eigenvalue weighted by molar-refractivity contribution is 5.95. The van der Waals surface area contributed by atoms with E-state index in [2.05, 4.69) is 10.3 Å². The number of nitrogens with zero attached hydrogens (tertiary/aromatic N) is 2. The zero-order valence-corrected chi connectivity index (χ0v) is 22.6. The molecule has 10 heteroatoms. The minimum Gasteiger partial charge on any atom is -0.493 e. The lowest BCUT2D eigenvalue weighted by Crippen LogP contribution is -2.40. The van der Waals surface area contributed by atoms with E-state index in [-0.39, 0.29) is 30.4 Å². The number of hydrogen-bond acceptors (Lipinski definition) is 7. The number of ether oxygens (including phenoxy) is 3. The fraction of sp³-hybridized carbons (Fsp3) is 0.258. The molecule has 0 saturated carbocycles. The number of hydrogen-bond donors (Lipinski definition) is 1. The standard InChI is InChI=1S/C31H28FN3O6/c1-18-29(40-17-34-18)31(37)35-12-10-19-14-21-5-7-23(19)28(35)20-4-9-26(38-2)27(15-20)39-13-3-11-33-30(36)24-16-22(41-21)6-8-25(24)32/h4-9,14-17,28H,3,10-13H2,1-2H3,(H,33,36). The van der Waals surface area contributed by atoms with Crippen LogP contribution in [0.2, 0.25) is 0 Å². The molecule has 0 aliphatic carbocycles. The van der Waals surface area contributed by atoms with E-state index in [1.807, 2.05) is 30.3 Å². The number of aryl methyl sites for hydroxylation is 1. The van der Waals surface area contributed by atoms with E-state index in [0.29, 0.717) is 48.1 Å². The fourth-order valence-electron chi connectivity index (χ4n) is 5.29. The number of carbonyl (C=O) groups excluding carboxylic acids is 2. The van der Waals surface area contributed by atoms with E-state index in [4.69, 9.17) is 18.6 Å². The molecule has 0 spiro atoms. The first-order valence-electron chi connectivity index (χ1n) is 13.3. The monoisotopic (exact) mass is 557 g/mol. The van der Waals surface area contributed by atoms with Gasteiger partial charge in [-0.3, -0.25) is 9.59 Å². The van der Waals surface area contributed by atoms with Gasteiger partial charge in [0.1, 0.15) is 17.3 Å². The lowest BCUT2D eigenvalue weighted by atomic mass is 9.87. The van der Waals surface area contributed by atoms with Gasteiger partial charge in [-0.1, -0.05) is 12.1 Å². The van der Waals surface area contributed by atoms with Gasteiger partial charge in [0, 0.05) is 13.1 Å². The first-order valence-corrected chi connectivity index (χ1v) is 13.3. The first kappa shape index (κ1) is 26.4. The predicted molar refractivity (Wildman–Crippen MR) is 146 cm³/mol. The summed E-state index contributed by atoms with van der Waals surface area (Å²) < 4.78 is 37.6. The Labute approximate surface area is 235 Å². The minimum atomic E-state index is -0.637. The first-order chi connectivity index (χ1) is 19.9. The maximum atomic E-state index is 14.5. The topological polar surface area (TPSA) is 103 Å². The van der Waals surface area contributed by atoms with Gasteiger partial charge in [-0.05, 0) is 78.9 Å². The van der Waals surface area contributed by atoms with Gasteiger partial charge in [-0.25, -0.2) is 9.37 Å². The molecule has 1 N–H and O–H groups in total. The zero-order chi connectivity index (χ0) is 28.5. The quantitative estimate of drug-likeness (QED) is 0.360. The van der Waals surface area contributed by atoms with Crippen molar-refractivity contribution in [2.75, 3.05) is 26.8 Å². The molecule has 210 valence electrons. The van der Waals surface area contributed by atoms with Crippen LogP contribution in [0.1, 0.15) is 55.8 Å². The number of methoxy groups -OCH3 is 1. The molecule has 1 unspecified atom stereocenters. The predicted octanol–water partition coefficient (Wildman–Crippen LogP) is 5.22. The molecule has 1 aromatic heterocycles. The number of benzene rings is 3. The molecule has 0 radical (unpaired) electrons. The third-order valence-corrected chi connectivity index (χ3v) is 7.33. The van der Waals surface area contributed by atoms with Crippen molar-refractivity contribution in [1.29, 1.82) is 0 Å². The number of halogens is 1. The summed E-state index contributed by atoms with van der Waals surface area (Å²) in [6.07, 6.45) is 2.32. The lowest BCUT2D eigenvalue weighted by molar-refractivity contribution is 0.0660. The van der Waals surface area contributed by atoms with Crippen molar-refractivity contribution >= 4 is 11.8 Å². The molecule has 3 aromatic carbocycles. The second-order valence-corrected chi connectivity index (χ2v) is 9.89. The Hall–Kier alpha value is -4.86. The summed E-state index contributed by atoms with van der Waals surface area (Å²) in [5, 5.41) is 2.73. The van der Waals surface area contributed by atoms with Crippen LogP contribution in [-0.2, 0) is 6.42 Å². The van der Waals surface area contributed by atoms with Crippen molar-refractivity contribution in [3.63, 3.8) is 0 Å². The number of aromatic nitrogens is 1. The van der Waals surface area contributed by atoms with Crippen molar-refractivity contribution in [2.24, 2.45) is 0 Å². The number of nitrogens with one attached hydrogen (secondary N) is 1. The average molecular weight is 558 g/mol. The second kappa shape index (κ2) is 11.0. The average Bonchev–Trinajstić information content (AvgIpc) is 3.42. The molecule has 3 aliphatic rings. The van der Waals surface area contributed by atoms with Crippen LogP contribution >= 0.6 is 0 Å². The van der Waals surface area contributed by atoms with Gasteiger partial charge in [0.25, 0.3) is 11.8 Å². The van der Waals surface area contributed by atoms with Crippen molar-refractivity contribution < 1.29 is 32.6 Å². The van der Waals surface area contributed by atoms with E-state index in [1.54, 1.807) is 25.0 Å². The van der Waals surface area contributed by atoms with Gasteiger partial charge in [0.05, 0.1) is 31.0 Å². The fourth-order valence-corrected chi connectivity index (χ4v) is 5.29. The molecule has 9 nitrogen and oxygen atoms in total. The van der Waals surface area contributed by atoms with Crippen LogP contribution in [0.15, 0.2) is 65.4 Å². The van der Waals surface area contributed by atoms with Gasteiger partial charge in [0.15, 0.2) is 17.9 Å². The summed E-state index contributed by atoms with van der Waals surface area (Å²) in [7, 11) is 1.56. The van der Waals surface area contributed by atoms with Crippen molar-refractivity contribution in [2.45, 2.75) is 25.8 Å². The molecule has 8 bridgehead atoms. The third-order valence-electron chi connectivity index (χ3n) is 7.33. The van der Waals surface area contributed by atoms with Gasteiger partial charge in [-0.2, -0.15) is 0 Å². The Kier molecular flexibility index (Phi) is 7.05. The summed E-state index contributed by atoms with van der Waals surface area (Å²) in [6.45, 7) is 2.71. The lowest BCUT2D eigenvalue weighted by Gasteiger charge is -2.37. The maximum Gasteiger partial charge on any atom is 0.292 e. The number of carbonyl (C=O) groups is 2. The summed E-state index contributed by atoms with van der Waals surface area (Å²) in [4.78, 5) is 32.3. The van der Waals surface area contributed by atoms with Crippen LogP contribution in [0, 0.1) is 12.7 Å². The van der Waals surface area contributed by atoms with Crippen LogP contribution in [0.3, 0.4) is 0 Å². The molecular weight excluding hydrogens is 529 g/mol. The number of amides is 2.